The van der Waals surface area contributed by atoms with Crippen LogP contribution in [0.1, 0.15) is 60.7 Å². The molecule has 0 spiro atoms. The quantitative estimate of drug-likeness (QED) is 0.413. The highest BCUT2D eigenvalue weighted by Gasteiger charge is 2.41. The first kappa shape index (κ1) is 20.1. The molecule has 0 fully saturated rings. The van der Waals surface area contributed by atoms with Crippen molar-refractivity contribution in [3.05, 3.63) is 93.5 Å². The third-order valence-corrected chi connectivity index (χ3v) is 6.56. The number of hydrogen-bond donors (Lipinski definition) is 0. The average Bonchev–Trinajstić information content (AvgIpc) is 3.24. The highest BCUT2D eigenvalue weighted by molar-refractivity contribution is 9.10. The molecule has 0 aromatic heterocycles. The molecule has 5 heteroatoms. The predicted molar refractivity (Wildman–Crippen MR) is 127 cm³/mol. The van der Waals surface area contributed by atoms with Gasteiger partial charge in [-0.05, 0) is 59.5 Å². The SMILES string of the molecule is COc1ccc(C2=NN3[C@H](C2)c2cc(Br)ccc2O[C@H]3c2ccc(C(C)C)cc2)cc1. The molecule has 3 aromatic carbocycles. The lowest BCUT2D eigenvalue weighted by molar-refractivity contribution is -0.0190. The summed E-state index contributed by atoms with van der Waals surface area (Å²) in [6.07, 6.45) is 0.579. The van der Waals surface area contributed by atoms with E-state index in [0.717, 1.165) is 44.8 Å². The Kier molecular flexibility index (Phi) is 5.22. The molecule has 0 saturated carbocycles. The van der Waals surface area contributed by atoms with Gasteiger partial charge < -0.3 is 9.47 Å². The second-order valence-corrected chi connectivity index (χ2v) is 9.26. The largest absolute Gasteiger partial charge is 0.497 e. The van der Waals surface area contributed by atoms with Crippen LogP contribution in [0.4, 0.5) is 0 Å². The Morgan fingerprint density at radius 1 is 1.03 bits per heavy atom. The van der Waals surface area contributed by atoms with Crippen molar-refractivity contribution in [2.24, 2.45) is 5.10 Å². The van der Waals surface area contributed by atoms with Gasteiger partial charge in [-0.25, -0.2) is 5.01 Å². The number of halogens is 1. The van der Waals surface area contributed by atoms with Gasteiger partial charge in [0.05, 0.1) is 18.9 Å². The van der Waals surface area contributed by atoms with Crippen LogP contribution in [-0.4, -0.2) is 17.8 Å². The lowest BCUT2D eigenvalue weighted by atomic mass is 9.95. The van der Waals surface area contributed by atoms with Crippen molar-refractivity contribution in [3.63, 3.8) is 0 Å². The van der Waals surface area contributed by atoms with E-state index in [2.05, 4.69) is 83.3 Å². The van der Waals surface area contributed by atoms with E-state index in [1.54, 1.807) is 7.11 Å². The molecule has 2 aliphatic rings. The number of hydrazone groups is 1. The molecular weight excluding hydrogens is 452 g/mol. The summed E-state index contributed by atoms with van der Waals surface area (Å²) in [5, 5.41) is 7.17. The second kappa shape index (κ2) is 8.04. The maximum Gasteiger partial charge on any atom is 0.213 e. The van der Waals surface area contributed by atoms with Crippen molar-refractivity contribution >= 4 is 21.6 Å². The minimum atomic E-state index is -0.254. The Balaban J connectivity index is 1.55. The zero-order chi connectivity index (χ0) is 21.5. The van der Waals surface area contributed by atoms with Crippen molar-refractivity contribution in [3.8, 4) is 11.5 Å². The van der Waals surface area contributed by atoms with Gasteiger partial charge in [-0.1, -0.05) is 54.0 Å². The van der Waals surface area contributed by atoms with E-state index >= 15 is 0 Å². The monoisotopic (exact) mass is 476 g/mol. The van der Waals surface area contributed by atoms with Crippen molar-refractivity contribution in [2.75, 3.05) is 7.11 Å². The van der Waals surface area contributed by atoms with Crippen molar-refractivity contribution in [1.82, 2.24) is 5.01 Å². The molecular formula is C26H25BrN2O2. The molecule has 0 N–H and O–H groups in total. The number of nitrogens with zero attached hydrogens (tertiary/aromatic N) is 2. The highest BCUT2D eigenvalue weighted by Crippen LogP contribution is 2.48. The summed E-state index contributed by atoms with van der Waals surface area (Å²) in [7, 11) is 1.68. The van der Waals surface area contributed by atoms with E-state index in [4.69, 9.17) is 14.6 Å². The maximum absolute atomic E-state index is 6.49. The van der Waals surface area contributed by atoms with Crippen LogP contribution >= 0.6 is 15.9 Å². The van der Waals surface area contributed by atoms with E-state index in [0.29, 0.717) is 5.92 Å². The van der Waals surface area contributed by atoms with Crippen molar-refractivity contribution in [2.45, 2.75) is 38.5 Å². The Morgan fingerprint density at radius 3 is 2.45 bits per heavy atom. The number of fused-ring (bicyclic) bond motifs is 3. The van der Waals surface area contributed by atoms with Crippen LogP contribution in [0.3, 0.4) is 0 Å². The van der Waals surface area contributed by atoms with Gasteiger partial charge in [0.1, 0.15) is 11.5 Å². The highest BCUT2D eigenvalue weighted by atomic mass is 79.9. The molecule has 31 heavy (non-hydrogen) atoms. The second-order valence-electron chi connectivity index (χ2n) is 8.35. The molecule has 2 heterocycles. The van der Waals surface area contributed by atoms with Gasteiger partial charge in [0.15, 0.2) is 0 Å². The number of hydrogen-bond acceptors (Lipinski definition) is 4. The van der Waals surface area contributed by atoms with Crippen LogP contribution in [0.15, 0.2) is 76.3 Å². The topological polar surface area (TPSA) is 34.1 Å². The standard InChI is InChI=1S/C26H25BrN2O2/c1-16(2)17-4-6-19(7-5-17)26-29-24(22-14-20(27)10-13-25(22)31-26)15-23(28-29)18-8-11-21(30-3)12-9-18/h4-14,16,24,26H,15H2,1-3H3/t24-,26+/m1/s1. The average molecular weight is 477 g/mol. The van der Waals surface area contributed by atoms with Crippen molar-refractivity contribution in [1.29, 1.82) is 0 Å². The summed E-state index contributed by atoms with van der Waals surface area (Å²) in [6, 6.07) is 23.2. The molecule has 4 nitrogen and oxygen atoms in total. The van der Waals surface area contributed by atoms with E-state index in [1.165, 1.54) is 5.56 Å². The number of methoxy groups -OCH3 is 1. The smallest absolute Gasteiger partial charge is 0.213 e. The van der Waals surface area contributed by atoms with Crippen LogP contribution in [0.2, 0.25) is 0 Å². The molecule has 158 valence electrons. The molecule has 0 bridgehead atoms. The zero-order valence-corrected chi connectivity index (χ0v) is 19.5. The molecule has 0 unspecified atom stereocenters. The maximum atomic E-state index is 6.49. The first-order chi connectivity index (χ1) is 15.0. The van der Waals surface area contributed by atoms with Crippen LogP contribution in [0, 0.1) is 0 Å². The summed E-state index contributed by atoms with van der Waals surface area (Å²) < 4.78 is 12.8. The third-order valence-electron chi connectivity index (χ3n) is 6.06. The van der Waals surface area contributed by atoms with Crippen LogP contribution < -0.4 is 9.47 Å². The molecule has 5 rings (SSSR count). The normalized spacial score (nSPS) is 19.5. The minimum absolute atomic E-state index is 0.133. The minimum Gasteiger partial charge on any atom is -0.497 e. The summed E-state index contributed by atoms with van der Waals surface area (Å²) in [6.45, 7) is 4.42. The fraction of sp³-hybridized carbons (Fsp3) is 0.269. The predicted octanol–water partition coefficient (Wildman–Crippen LogP) is 6.82. The molecule has 0 amide bonds. The lowest BCUT2D eigenvalue weighted by Crippen LogP contribution is -2.33. The fourth-order valence-electron chi connectivity index (χ4n) is 4.28. The van der Waals surface area contributed by atoms with E-state index in [-0.39, 0.29) is 12.3 Å². The number of ether oxygens (including phenoxy) is 2. The lowest BCUT2D eigenvalue weighted by Gasteiger charge is -2.38. The zero-order valence-electron chi connectivity index (χ0n) is 17.9. The van der Waals surface area contributed by atoms with E-state index in [1.807, 2.05) is 18.2 Å². The fourth-order valence-corrected chi connectivity index (χ4v) is 4.66. The summed E-state index contributed by atoms with van der Waals surface area (Å²) in [5.74, 6) is 2.27. The Morgan fingerprint density at radius 2 is 1.77 bits per heavy atom. The van der Waals surface area contributed by atoms with E-state index < -0.39 is 0 Å². The van der Waals surface area contributed by atoms with Gasteiger partial charge in [-0.15, -0.1) is 0 Å². The molecule has 2 atom stereocenters. The van der Waals surface area contributed by atoms with E-state index in [9.17, 15) is 0 Å². The number of benzene rings is 3. The van der Waals surface area contributed by atoms with Crippen molar-refractivity contribution < 1.29 is 9.47 Å². The van der Waals surface area contributed by atoms with Crippen LogP contribution in [0.5, 0.6) is 11.5 Å². The summed E-state index contributed by atoms with van der Waals surface area (Å²) >= 11 is 3.62. The van der Waals surface area contributed by atoms with Gasteiger partial charge in [0.2, 0.25) is 6.23 Å². The van der Waals surface area contributed by atoms with Crippen LogP contribution in [0.25, 0.3) is 0 Å². The summed E-state index contributed by atoms with van der Waals surface area (Å²) in [5.41, 5.74) is 5.78. The molecule has 0 saturated heterocycles. The first-order valence-electron chi connectivity index (χ1n) is 10.6. The Labute approximate surface area is 191 Å². The van der Waals surface area contributed by atoms with Gasteiger partial charge in [0, 0.05) is 22.0 Å². The molecule has 0 radical (unpaired) electrons. The van der Waals surface area contributed by atoms with Gasteiger partial charge in [0.25, 0.3) is 0 Å². The van der Waals surface area contributed by atoms with Gasteiger partial charge in [-0.3, -0.25) is 0 Å². The molecule has 2 aliphatic heterocycles. The van der Waals surface area contributed by atoms with Gasteiger partial charge >= 0.3 is 0 Å². The first-order valence-corrected chi connectivity index (χ1v) is 11.4. The molecule has 0 aliphatic carbocycles. The Bertz CT molecular complexity index is 1120. The van der Waals surface area contributed by atoms with Crippen LogP contribution in [-0.2, 0) is 0 Å². The molecule has 3 aromatic rings. The number of rotatable bonds is 4. The van der Waals surface area contributed by atoms with Gasteiger partial charge in [-0.2, -0.15) is 5.10 Å². The summed E-state index contributed by atoms with van der Waals surface area (Å²) in [4.78, 5) is 0. The Hall–Kier alpha value is -2.79. The third kappa shape index (κ3) is 3.72.